The first kappa shape index (κ1) is 15.8. The molecule has 0 aliphatic heterocycles. The van der Waals surface area contributed by atoms with E-state index in [1.807, 2.05) is 31.2 Å². The van der Waals surface area contributed by atoms with Gasteiger partial charge in [-0.3, -0.25) is 0 Å². The van der Waals surface area contributed by atoms with Crippen LogP contribution in [0.3, 0.4) is 0 Å². The number of carbonyl (C=O) groups is 1. The fourth-order valence-corrected chi connectivity index (χ4v) is 2.80. The maximum atomic E-state index is 11.8. The molecule has 0 bridgehead atoms. The normalized spacial score (nSPS) is 21.8. The molecule has 1 saturated carbocycles. The molecule has 0 saturated heterocycles. The Morgan fingerprint density at radius 3 is 2.90 bits per heavy atom. The summed E-state index contributed by atoms with van der Waals surface area (Å²) in [6.45, 7) is 5.38. The average Bonchev–Trinajstić information content (AvgIpc) is 2.45. The van der Waals surface area contributed by atoms with Crippen LogP contribution in [0.2, 0.25) is 0 Å². The maximum Gasteiger partial charge on any atom is 0.319 e. The van der Waals surface area contributed by atoms with Crippen LogP contribution in [0.15, 0.2) is 24.3 Å². The van der Waals surface area contributed by atoms with Crippen molar-refractivity contribution in [2.75, 3.05) is 18.5 Å². The Labute approximate surface area is 127 Å². The van der Waals surface area contributed by atoms with Gasteiger partial charge in [-0.1, -0.05) is 31.9 Å². The van der Waals surface area contributed by atoms with Crippen LogP contribution < -0.4 is 10.6 Å². The van der Waals surface area contributed by atoms with Crippen molar-refractivity contribution in [1.29, 1.82) is 0 Å². The van der Waals surface area contributed by atoms with Crippen molar-refractivity contribution in [3.8, 4) is 0 Å². The molecule has 21 heavy (non-hydrogen) atoms. The van der Waals surface area contributed by atoms with E-state index in [2.05, 4.69) is 17.6 Å². The highest BCUT2D eigenvalue weighted by molar-refractivity contribution is 5.89. The Morgan fingerprint density at radius 1 is 1.33 bits per heavy atom. The van der Waals surface area contributed by atoms with Crippen molar-refractivity contribution in [2.45, 2.75) is 45.6 Å². The zero-order valence-electron chi connectivity index (χ0n) is 13.0. The SMILES string of the molecule is Cc1cccc(NC(=O)NCCO[C@H]2CCCC[C@H]2C)c1. The number of carbonyl (C=O) groups excluding carboxylic acids is 1. The minimum atomic E-state index is -0.180. The van der Waals surface area contributed by atoms with Crippen LogP contribution in [-0.4, -0.2) is 25.3 Å². The van der Waals surface area contributed by atoms with Crippen molar-refractivity contribution >= 4 is 11.7 Å². The number of ether oxygens (including phenoxy) is 1. The van der Waals surface area contributed by atoms with E-state index in [9.17, 15) is 4.79 Å². The molecule has 1 aliphatic carbocycles. The van der Waals surface area contributed by atoms with Gasteiger partial charge < -0.3 is 15.4 Å². The highest BCUT2D eigenvalue weighted by Crippen LogP contribution is 2.25. The molecule has 2 N–H and O–H groups in total. The van der Waals surface area contributed by atoms with Crippen LogP contribution in [-0.2, 0) is 4.74 Å². The van der Waals surface area contributed by atoms with Crippen molar-refractivity contribution in [1.82, 2.24) is 5.32 Å². The molecular weight excluding hydrogens is 264 g/mol. The first-order valence-corrected chi connectivity index (χ1v) is 7.88. The van der Waals surface area contributed by atoms with Gasteiger partial charge >= 0.3 is 6.03 Å². The van der Waals surface area contributed by atoms with Crippen LogP contribution >= 0.6 is 0 Å². The predicted molar refractivity (Wildman–Crippen MR) is 85.6 cm³/mol. The molecule has 0 spiro atoms. The van der Waals surface area contributed by atoms with E-state index < -0.39 is 0 Å². The van der Waals surface area contributed by atoms with Crippen molar-refractivity contribution in [2.24, 2.45) is 5.92 Å². The summed E-state index contributed by atoms with van der Waals surface area (Å²) in [4.78, 5) is 11.8. The van der Waals surface area contributed by atoms with Gasteiger partial charge in [-0.25, -0.2) is 4.79 Å². The molecule has 0 unspecified atom stereocenters. The summed E-state index contributed by atoms with van der Waals surface area (Å²) in [5, 5.41) is 5.65. The average molecular weight is 290 g/mol. The van der Waals surface area contributed by atoms with Gasteiger partial charge in [0, 0.05) is 12.2 Å². The van der Waals surface area contributed by atoms with Crippen molar-refractivity contribution < 1.29 is 9.53 Å². The summed E-state index contributed by atoms with van der Waals surface area (Å²) in [5.74, 6) is 0.639. The fraction of sp³-hybridized carbons (Fsp3) is 0.588. The largest absolute Gasteiger partial charge is 0.376 e. The summed E-state index contributed by atoms with van der Waals surface area (Å²) in [7, 11) is 0. The molecule has 0 radical (unpaired) electrons. The summed E-state index contributed by atoms with van der Waals surface area (Å²) >= 11 is 0. The highest BCUT2D eigenvalue weighted by Gasteiger charge is 2.21. The van der Waals surface area contributed by atoms with Crippen molar-refractivity contribution in [3.05, 3.63) is 29.8 Å². The molecule has 1 fully saturated rings. The second kappa shape index (κ2) is 8.03. The topological polar surface area (TPSA) is 50.4 Å². The molecule has 0 heterocycles. The lowest BCUT2D eigenvalue weighted by atomic mass is 9.88. The number of rotatable bonds is 5. The molecule has 0 aromatic heterocycles. The smallest absolute Gasteiger partial charge is 0.319 e. The van der Waals surface area contributed by atoms with E-state index in [-0.39, 0.29) is 6.03 Å². The van der Waals surface area contributed by atoms with Gasteiger partial charge in [-0.2, -0.15) is 0 Å². The highest BCUT2D eigenvalue weighted by atomic mass is 16.5. The van der Waals surface area contributed by atoms with Crippen LogP contribution in [0.1, 0.15) is 38.2 Å². The number of aryl methyl sites for hydroxylation is 1. The molecule has 2 rings (SSSR count). The first-order chi connectivity index (χ1) is 10.1. The maximum absolute atomic E-state index is 11.8. The zero-order valence-corrected chi connectivity index (χ0v) is 13.0. The third-order valence-electron chi connectivity index (χ3n) is 4.03. The standard InChI is InChI=1S/C17H26N2O2/c1-13-6-5-8-15(12-13)19-17(20)18-10-11-21-16-9-4-3-7-14(16)2/h5-6,8,12,14,16H,3-4,7,9-11H2,1-2H3,(H2,18,19,20)/t14-,16+/m1/s1. The monoisotopic (exact) mass is 290 g/mol. The first-order valence-electron chi connectivity index (χ1n) is 7.88. The second-order valence-electron chi connectivity index (χ2n) is 5.92. The minimum Gasteiger partial charge on any atom is -0.376 e. The quantitative estimate of drug-likeness (QED) is 0.812. The van der Waals surface area contributed by atoms with Gasteiger partial charge in [0.2, 0.25) is 0 Å². The van der Waals surface area contributed by atoms with Crippen LogP contribution in [0.25, 0.3) is 0 Å². The van der Waals surface area contributed by atoms with Crippen LogP contribution in [0.5, 0.6) is 0 Å². The predicted octanol–water partition coefficient (Wildman–Crippen LogP) is 3.71. The lowest BCUT2D eigenvalue weighted by Gasteiger charge is -2.28. The number of urea groups is 1. The van der Waals surface area contributed by atoms with E-state index in [1.54, 1.807) is 0 Å². The zero-order chi connectivity index (χ0) is 15.1. The van der Waals surface area contributed by atoms with Crippen molar-refractivity contribution in [3.63, 3.8) is 0 Å². The molecule has 1 aromatic carbocycles. The number of amides is 2. The fourth-order valence-electron chi connectivity index (χ4n) is 2.80. The van der Waals surface area contributed by atoms with E-state index in [4.69, 9.17) is 4.74 Å². The van der Waals surface area contributed by atoms with E-state index >= 15 is 0 Å². The lowest BCUT2D eigenvalue weighted by Crippen LogP contribution is -2.34. The van der Waals surface area contributed by atoms with E-state index in [0.29, 0.717) is 25.2 Å². The molecule has 4 nitrogen and oxygen atoms in total. The number of nitrogens with one attached hydrogen (secondary N) is 2. The molecule has 1 aromatic rings. The van der Waals surface area contributed by atoms with Crippen LogP contribution in [0.4, 0.5) is 10.5 Å². The third-order valence-corrected chi connectivity index (χ3v) is 4.03. The summed E-state index contributed by atoms with van der Waals surface area (Å²) in [6, 6.07) is 7.58. The van der Waals surface area contributed by atoms with Gasteiger partial charge in [0.05, 0.1) is 12.7 Å². The Bertz CT molecular complexity index is 462. The van der Waals surface area contributed by atoms with Gasteiger partial charge in [-0.05, 0) is 43.4 Å². The number of anilines is 1. The molecule has 2 atom stereocenters. The summed E-state index contributed by atoms with van der Waals surface area (Å²) in [6.07, 6.45) is 5.34. The Hall–Kier alpha value is -1.55. The van der Waals surface area contributed by atoms with Crippen LogP contribution in [0, 0.1) is 12.8 Å². The Morgan fingerprint density at radius 2 is 2.14 bits per heavy atom. The molecule has 1 aliphatic rings. The van der Waals surface area contributed by atoms with E-state index in [1.165, 1.54) is 19.3 Å². The molecule has 4 heteroatoms. The third kappa shape index (κ3) is 5.38. The second-order valence-corrected chi connectivity index (χ2v) is 5.92. The molecule has 116 valence electrons. The number of benzene rings is 1. The molecular formula is C17H26N2O2. The summed E-state index contributed by atoms with van der Waals surface area (Å²) in [5.41, 5.74) is 1.94. The van der Waals surface area contributed by atoms with Gasteiger partial charge in [-0.15, -0.1) is 0 Å². The minimum absolute atomic E-state index is 0.180. The van der Waals surface area contributed by atoms with Gasteiger partial charge in [0.25, 0.3) is 0 Å². The Balaban J connectivity index is 1.63. The van der Waals surface area contributed by atoms with Gasteiger partial charge in [0.1, 0.15) is 0 Å². The Kier molecular flexibility index (Phi) is 6.05. The molecule has 2 amide bonds. The number of hydrogen-bond acceptors (Lipinski definition) is 2. The van der Waals surface area contributed by atoms with Gasteiger partial charge in [0.15, 0.2) is 0 Å². The number of hydrogen-bond donors (Lipinski definition) is 2. The van der Waals surface area contributed by atoms with E-state index in [0.717, 1.165) is 17.7 Å². The summed E-state index contributed by atoms with van der Waals surface area (Å²) < 4.78 is 5.87. The lowest BCUT2D eigenvalue weighted by molar-refractivity contribution is -0.00232.